The van der Waals surface area contributed by atoms with E-state index >= 15 is 0 Å². The molecule has 0 amide bonds. The molecule has 0 saturated heterocycles. The lowest BCUT2D eigenvalue weighted by molar-refractivity contribution is -0.137. The van der Waals surface area contributed by atoms with E-state index < -0.39 is 11.7 Å². The third-order valence-electron chi connectivity index (χ3n) is 3.81. The fraction of sp³-hybridized carbons (Fsp3) is 0.111. The summed E-state index contributed by atoms with van der Waals surface area (Å²) in [6.07, 6.45) is -2.69. The van der Waals surface area contributed by atoms with Crippen molar-refractivity contribution in [2.45, 2.75) is 17.0 Å². The Morgan fingerprint density at radius 2 is 1.78 bits per heavy atom. The van der Waals surface area contributed by atoms with Crippen molar-refractivity contribution < 1.29 is 17.7 Å². The first kappa shape index (κ1) is 17.5. The van der Waals surface area contributed by atoms with Crippen LogP contribution in [0.5, 0.6) is 0 Å². The average molecular weight is 388 g/mol. The summed E-state index contributed by atoms with van der Waals surface area (Å²) in [4.78, 5) is 4.24. The van der Waals surface area contributed by atoms with Gasteiger partial charge in [-0.15, -0.1) is 5.10 Å². The molecule has 2 aromatic carbocycles. The number of rotatable bonds is 4. The molecule has 0 N–H and O–H groups in total. The van der Waals surface area contributed by atoms with Gasteiger partial charge in [-0.1, -0.05) is 53.3 Å². The van der Waals surface area contributed by atoms with Gasteiger partial charge in [0.25, 0.3) is 0 Å². The predicted octanol–water partition coefficient (Wildman–Crippen LogP) is 4.99. The number of hydrogen-bond donors (Lipinski definition) is 0. The van der Waals surface area contributed by atoms with Crippen LogP contribution < -0.4 is 0 Å². The third-order valence-corrected chi connectivity index (χ3v) is 4.77. The Bertz CT molecular complexity index is 1070. The lowest BCUT2D eigenvalue weighted by Crippen LogP contribution is -2.04. The summed E-state index contributed by atoms with van der Waals surface area (Å²) in [5, 5.41) is 14.6. The van der Waals surface area contributed by atoms with E-state index in [4.69, 9.17) is 4.52 Å². The van der Waals surface area contributed by atoms with E-state index in [2.05, 4.69) is 20.3 Å². The van der Waals surface area contributed by atoms with Crippen molar-refractivity contribution >= 4 is 22.5 Å². The summed E-state index contributed by atoms with van der Waals surface area (Å²) < 4.78 is 43.1. The molecule has 0 aliphatic rings. The zero-order chi connectivity index (χ0) is 18.9. The normalized spacial score (nSPS) is 11.8. The Hall–Kier alpha value is -2.94. The Labute approximate surface area is 155 Å². The Morgan fingerprint density at radius 1 is 1.00 bits per heavy atom. The second-order valence-electron chi connectivity index (χ2n) is 5.61. The molecular formula is C18H11F3N4OS. The van der Waals surface area contributed by atoms with Crippen molar-refractivity contribution in [2.75, 3.05) is 0 Å². The smallest absolute Gasteiger partial charge is 0.338 e. The highest BCUT2D eigenvalue weighted by Crippen LogP contribution is 2.31. The summed E-state index contributed by atoms with van der Waals surface area (Å²) in [6.45, 7) is 0. The summed E-state index contributed by atoms with van der Waals surface area (Å²) in [6, 6.07) is 12.4. The second-order valence-corrected chi connectivity index (χ2v) is 6.58. The van der Waals surface area contributed by atoms with E-state index in [1.165, 1.54) is 23.9 Å². The van der Waals surface area contributed by atoms with Gasteiger partial charge in [-0.25, -0.2) is 0 Å². The van der Waals surface area contributed by atoms with Crippen LogP contribution in [0.4, 0.5) is 13.2 Å². The molecule has 0 aliphatic heterocycles. The second kappa shape index (κ2) is 6.99. The quantitative estimate of drug-likeness (QED) is 0.459. The first-order valence-corrected chi connectivity index (χ1v) is 8.83. The van der Waals surface area contributed by atoms with Crippen LogP contribution >= 0.6 is 11.8 Å². The third kappa shape index (κ3) is 3.77. The number of fused-ring (bicyclic) bond motifs is 1. The summed E-state index contributed by atoms with van der Waals surface area (Å²) in [7, 11) is 0. The molecule has 0 fully saturated rings. The minimum absolute atomic E-state index is 0.239. The minimum atomic E-state index is -4.38. The zero-order valence-corrected chi connectivity index (χ0v) is 14.5. The molecule has 0 unspecified atom stereocenters. The van der Waals surface area contributed by atoms with Crippen LogP contribution in [-0.4, -0.2) is 20.3 Å². The van der Waals surface area contributed by atoms with Crippen LogP contribution in [0.1, 0.15) is 11.5 Å². The first-order chi connectivity index (χ1) is 13.0. The monoisotopic (exact) mass is 388 g/mol. The molecule has 0 aliphatic carbocycles. The van der Waals surface area contributed by atoms with E-state index in [9.17, 15) is 13.2 Å². The van der Waals surface area contributed by atoms with E-state index in [0.717, 1.165) is 27.9 Å². The number of hydrogen-bond acceptors (Lipinski definition) is 6. The fourth-order valence-electron chi connectivity index (χ4n) is 2.48. The summed E-state index contributed by atoms with van der Waals surface area (Å²) >= 11 is 1.40. The van der Waals surface area contributed by atoms with Crippen molar-refractivity contribution in [3.05, 3.63) is 66.2 Å². The maximum atomic E-state index is 12.6. The van der Waals surface area contributed by atoms with Crippen molar-refractivity contribution in [2.24, 2.45) is 0 Å². The van der Waals surface area contributed by atoms with E-state index in [1.54, 1.807) is 6.20 Å². The van der Waals surface area contributed by atoms with Crippen molar-refractivity contribution in [1.29, 1.82) is 0 Å². The number of nitrogens with zero attached hydrogens (tertiary/aromatic N) is 4. The average Bonchev–Trinajstić information content (AvgIpc) is 3.15. The number of halogens is 3. The standard InChI is InChI=1S/C18H11F3N4OS/c19-18(20,21)13-7-5-11(6-8-13)16-23-15(26-25-16)10-27-17-14-4-2-1-3-12(14)9-22-24-17/h1-9H,10H2. The van der Waals surface area contributed by atoms with Gasteiger partial charge >= 0.3 is 6.18 Å². The van der Waals surface area contributed by atoms with Gasteiger partial charge in [-0.2, -0.15) is 23.3 Å². The number of benzene rings is 2. The molecule has 5 nitrogen and oxygen atoms in total. The molecule has 0 bridgehead atoms. The number of thioether (sulfide) groups is 1. The molecule has 9 heteroatoms. The van der Waals surface area contributed by atoms with E-state index in [1.807, 2.05) is 24.3 Å². The summed E-state index contributed by atoms with van der Waals surface area (Å²) in [5.74, 6) is 0.962. The van der Waals surface area contributed by atoms with Gasteiger partial charge in [0.15, 0.2) is 0 Å². The van der Waals surface area contributed by atoms with Crippen molar-refractivity contribution in [1.82, 2.24) is 20.3 Å². The highest BCUT2D eigenvalue weighted by Gasteiger charge is 2.30. The van der Waals surface area contributed by atoms with Crippen LogP contribution in [0.25, 0.3) is 22.2 Å². The highest BCUT2D eigenvalue weighted by atomic mass is 32.2. The van der Waals surface area contributed by atoms with Crippen LogP contribution in [0.15, 0.2) is 64.3 Å². The van der Waals surface area contributed by atoms with Gasteiger partial charge < -0.3 is 4.52 Å². The highest BCUT2D eigenvalue weighted by molar-refractivity contribution is 7.98. The topological polar surface area (TPSA) is 64.7 Å². The molecule has 136 valence electrons. The molecule has 0 saturated carbocycles. The van der Waals surface area contributed by atoms with Crippen LogP contribution in [-0.2, 0) is 11.9 Å². The van der Waals surface area contributed by atoms with Crippen LogP contribution in [0, 0.1) is 0 Å². The van der Waals surface area contributed by atoms with Crippen molar-refractivity contribution in [3.63, 3.8) is 0 Å². The van der Waals surface area contributed by atoms with Gasteiger partial charge in [0, 0.05) is 16.3 Å². The Morgan fingerprint density at radius 3 is 2.56 bits per heavy atom. The van der Waals surface area contributed by atoms with E-state index in [0.29, 0.717) is 17.2 Å². The Balaban J connectivity index is 1.50. The van der Waals surface area contributed by atoms with Crippen molar-refractivity contribution in [3.8, 4) is 11.4 Å². The van der Waals surface area contributed by atoms with Gasteiger partial charge in [0.05, 0.1) is 17.5 Å². The summed E-state index contributed by atoms with van der Waals surface area (Å²) in [5.41, 5.74) is -0.270. The zero-order valence-electron chi connectivity index (χ0n) is 13.6. The largest absolute Gasteiger partial charge is 0.416 e. The van der Waals surface area contributed by atoms with E-state index in [-0.39, 0.29) is 5.82 Å². The number of alkyl halides is 3. The molecule has 4 aromatic rings. The number of aromatic nitrogens is 4. The Kier molecular flexibility index (Phi) is 4.53. The first-order valence-electron chi connectivity index (χ1n) is 7.84. The molecule has 4 rings (SSSR count). The van der Waals surface area contributed by atoms with Gasteiger partial charge in [-0.05, 0) is 12.1 Å². The maximum Gasteiger partial charge on any atom is 0.416 e. The maximum absolute atomic E-state index is 12.6. The molecule has 0 atom stereocenters. The van der Waals surface area contributed by atoms with Gasteiger partial charge in [0.2, 0.25) is 11.7 Å². The molecule has 2 heterocycles. The molecule has 0 radical (unpaired) electrons. The molecule has 2 aromatic heterocycles. The minimum Gasteiger partial charge on any atom is -0.338 e. The lowest BCUT2D eigenvalue weighted by atomic mass is 10.1. The van der Waals surface area contributed by atoms with Gasteiger partial charge in [-0.3, -0.25) is 0 Å². The fourth-order valence-corrected chi connectivity index (χ4v) is 3.30. The lowest BCUT2D eigenvalue weighted by Gasteiger charge is -2.05. The molecule has 0 spiro atoms. The molecule has 27 heavy (non-hydrogen) atoms. The van der Waals surface area contributed by atoms with Crippen LogP contribution in [0.3, 0.4) is 0 Å². The predicted molar refractivity (Wildman–Crippen MR) is 93.8 cm³/mol. The van der Waals surface area contributed by atoms with Gasteiger partial charge in [0.1, 0.15) is 5.03 Å². The SMILES string of the molecule is FC(F)(F)c1ccc(-c2noc(CSc3nncc4ccccc34)n2)cc1. The molecular weight excluding hydrogens is 377 g/mol. The van der Waals surface area contributed by atoms with Crippen LogP contribution in [0.2, 0.25) is 0 Å².